The van der Waals surface area contributed by atoms with Crippen molar-refractivity contribution in [1.82, 2.24) is 0 Å². The van der Waals surface area contributed by atoms with Gasteiger partial charge in [-0.15, -0.1) is 0 Å². The molecule has 2 saturated heterocycles. The summed E-state index contributed by atoms with van der Waals surface area (Å²) < 4.78 is 15.1. The minimum atomic E-state index is -2.97. The van der Waals surface area contributed by atoms with Crippen molar-refractivity contribution in [2.24, 2.45) is 17.8 Å². The SMILES string of the molecule is CCC/C(=C\c1cc(Br)ccc1O)CC[C@H]1OC[C@H]2C1=C(CO[Si](c1ccccc1)(c1ccccc1)C(C)(C)C)C[C@H]1C(=O)N(c3cccc(B(O)O)c3)C(=O)[C@H]12. The molecule has 2 amide bonds. The number of phenols is 1. The summed E-state index contributed by atoms with van der Waals surface area (Å²) in [5.74, 6) is -1.88. The van der Waals surface area contributed by atoms with Crippen LogP contribution >= 0.6 is 15.9 Å². The maximum Gasteiger partial charge on any atom is 0.488 e. The van der Waals surface area contributed by atoms with Gasteiger partial charge in [0.1, 0.15) is 5.75 Å². The summed E-state index contributed by atoms with van der Waals surface area (Å²) >= 11 is 3.54. The highest BCUT2D eigenvalue weighted by Gasteiger charge is 2.58. The summed E-state index contributed by atoms with van der Waals surface area (Å²) in [5.41, 5.74) is 4.57. The topological polar surface area (TPSA) is 117 Å². The molecule has 11 heteroatoms. The molecule has 7 rings (SSSR count). The van der Waals surface area contributed by atoms with Gasteiger partial charge in [-0.1, -0.05) is 134 Å². The second kappa shape index (κ2) is 17.0. The molecule has 57 heavy (non-hydrogen) atoms. The first kappa shape index (κ1) is 41.1. The number of aromatic hydroxyl groups is 1. The standard InChI is InChI=1S/C46H51BBrNO7Si/c1-5-13-30(24-31-25-34(48)21-22-40(31)50)20-23-41-42-32(28-56-57(46(2,3)4,36-16-8-6-9-17-36)37-18-10-7-11-19-37)26-38-43(39(42)29-55-41)45(52)49(44(38)51)35-15-12-14-33(27-35)47(53)54/h6-12,14-19,21-22,24-25,27,38-39,41,43,50,53-54H,5,13,20,23,26,28-29H2,1-4H3/b30-24+/t38-,39+,41-,43-/m1/s1. The van der Waals surface area contributed by atoms with Crippen molar-refractivity contribution in [3.63, 3.8) is 0 Å². The van der Waals surface area contributed by atoms with Gasteiger partial charge in [0.25, 0.3) is 8.32 Å². The number of hydrogen-bond acceptors (Lipinski definition) is 7. The summed E-state index contributed by atoms with van der Waals surface area (Å²) in [7, 11) is -4.70. The van der Waals surface area contributed by atoms with Crippen molar-refractivity contribution >= 4 is 70.8 Å². The molecule has 0 unspecified atom stereocenters. The van der Waals surface area contributed by atoms with Gasteiger partial charge in [0.05, 0.1) is 36.8 Å². The molecule has 0 bridgehead atoms. The first-order chi connectivity index (χ1) is 27.3. The van der Waals surface area contributed by atoms with E-state index in [4.69, 9.17) is 9.16 Å². The van der Waals surface area contributed by atoms with Crippen LogP contribution in [0, 0.1) is 17.8 Å². The molecule has 0 aromatic heterocycles. The fraction of sp³-hybridized carbons (Fsp3) is 0.348. The van der Waals surface area contributed by atoms with Crippen LogP contribution in [-0.4, -0.2) is 61.7 Å². The Morgan fingerprint density at radius 3 is 2.23 bits per heavy atom. The summed E-state index contributed by atoms with van der Waals surface area (Å²) in [6, 6.07) is 32.8. The molecule has 296 valence electrons. The van der Waals surface area contributed by atoms with E-state index in [1.807, 2.05) is 24.3 Å². The van der Waals surface area contributed by atoms with Crippen LogP contribution < -0.4 is 20.7 Å². The van der Waals surface area contributed by atoms with Crippen molar-refractivity contribution in [3.8, 4) is 5.75 Å². The van der Waals surface area contributed by atoms with E-state index in [1.165, 1.54) is 16.5 Å². The van der Waals surface area contributed by atoms with Crippen LogP contribution in [-0.2, 0) is 18.8 Å². The molecule has 0 spiro atoms. The Morgan fingerprint density at radius 1 is 0.912 bits per heavy atom. The summed E-state index contributed by atoms with van der Waals surface area (Å²) in [6.45, 7) is 9.49. The summed E-state index contributed by atoms with van der Waals surface area (Å²) in [6.07, 6.45) is 5.36. The van der Waals surface area contributed by atoms with E-state index in [9.17, 15) is 24.7 Å². The van der Waals surface area contributed by atoms with Gasteiger partial charge in [0.15, 0.2) is 0 Å². The highest BCUT2D eigenvalue weighted by Crippen LogP contribution is 2.51. The molecule has 8 nitrogen and oxygen atoms in total. The van der Waals surface area contributed by atoms with E-state index in [2.05, 4.69) is 98.2 Å². The number of anilines is 1. The van der Waals surface area contributed by atoms with Crippen LogP contribution in [0.25, 0.3) is 6.08 Å². The van der Waals surface area contributed by atoms with E-state index in [-0.39, 0.29) is 40.1 Å². The largest absolute Gasteiger partial charge is 0.507 e. The van der Waals surface area contributed by atoms with Crippen LogP contribution in [0.2, 0.25) is 5.04 Å². The maximum atomic E-state index is 14.5. The Morgan fingerprint density at radius 2 is 1.60 bits per heavy atom. The molecule has 3 N–H and O–H groups in total. The van der Waals surface area contributed by atoms with Crippen LogP contribution in [0.4, 0.5) is 5.69 Å². The number of ether oxygens (including phenoxy) is 1. The second-order valence-electron chi connectivity index (χ2n) is 16.6. The number of rotatable bonds is 13. The van der Waals surface area contributed by atoms with Crippen LogP contribution in [0.15, 0.2) is 124 Å². The Bertz CT molecular complexity index is 2130. The lowest BCUT2D eigenvalue weighted by Gasteiger charge is -2.44. The monoisotopic (exact) mass is 847 g/mol. The van der Waals surface area contributed by atoms with Gasteiger partial charge in [0, 0.05) is 16.0 Å². The maximum absolute atomic E-state index is 14.5. The van der Waals surface area contributed by atoms with Crippen LogP contribution in [0.5, 0.6) is 5.75 Å². The van der Waals surface area contributed by atoms with Gasteiger partial charge in [-0.2, -0.15) is 0 Å². The zero-order valence-corrected chi connectivity index (χ0v) is 35.6. The molecule has 1 aliphatic carbocycles. The predicted molar refractivity (Wildman–Crippen MR) is 232 cm³/mol. The highest BCUT2D eigenvalue weighted by atomic mass is 79.9. The number of carbonyl (C=O) groups is 2. The third-order valence-electron chi connectivity index (χ3n) is 12.0. The van der Waals surface area contributed by atoms with E-state index in [1.54, 1.807) is 24.3 Å². The number of carbonyl (C=O) groups excluding carboxylic acids is 2. The van der Waals surface area contributed by atoms with Crippen LogP contribution in [0.1, 0.15) is 65.4 Å². The highest BCUT2D eigenvalue weighted by molar-refractivity contribution is 9.10. The number of phenolic OH excluding ortho intramolecular Hbond substituents is 1. The fourth-order valence-corrected chi connectivity index (χ4v) is 14.3. The van der Waals surface area contributed by atoms with E-state index in [0.29, 0.717) is 31.7 Å². The summed E-state index contributed by atoms with van der Waals surface area (Å²) in [4.78, 5) is 30.1. The van der Waals surface area contributed by atoms with E-state index < -0.39 is 27.3 Å². The van der Waals surface area contributed by atoms with Crippen molar-refractivity contribution in [1.29, 1.82) is 0 Å². The number of benzene rings is 4. The average Bonchev–Trinajstić information content (AvgIpc) is 3.73. The van der Waals surface area contributed by atoms with Crippen LogP contribution in [0.3, 0.4) is 0 Å². The molecule has 3 aliphatic rings. The third-order valence-corrected chi connectivity index (χ3v) is 17.4. The van der Waals surface area contributed by atoms with Gasteiger partial charge in [-0.25, -0.2) is 0 Å². The third kappa shape index (κ3) is 8.03. The van der Waals surface area contributed by atoms with Gasteiger partial charge in [0.2, 0.25) is 11.8 Å². The summed E-state index contributed by atoms with van der Waals surface area (Å²) in [5, 5.41) is 32.5. The molecular formula is C46H51BBrNO7Si. The average molecular weight is 849 g/mol. The molecule has 2 heterocycles. The first-order valence-corrected chi connectivity index (χ1v) is 22.6. The van der Waals surface area contributed by atoms with Gasteiger partial charge >= 0.3 is 7.12 Å². The molecule has 0 saturated carbocycles. The zero-order chi connectivity index (χ0) is 40.5. The van der Waals surface area contributed by atoms with Crippen molar-refractivity contribution < 1.29 is 33.9 Å². The number of halogens is 1. The number of nitrogens with zero attached hydrogens (tertiary/aromatic N) is 1. The molecule has 2 fully saturated rings. The first-order valence-electron chi connectivity index (χ1n) is 19.9. The molecule has 2 aliphatic heterocycles. The van der Waals surface area contributed by atoms with Gasteiger partial charge < -0.3 is 24.3 Å². The Hall–Kier alpha value is -4.10. The zero-order valence-electron chi connectivity index (χ0n) is 33.0. The van der Waals surface area contributed by atoms with E-state index >= 15 is 0 Å². The molecule has 4 aromatic rings. The molecule has 4 atom stereocenters. The number of amides is 2. The predicted octanol–water partition coefficient (Wildman–Crippen LogP) is 6.90. The number of imide groups is 1. The number of hydrogen-bond donors (Lipinski definition) is 3. The second-order valence-corrected chi connectivity index (χ2v) is 21.8. The van der Waals surface area contributed by atoms with Gasteiger partial charge in [-0.3, -0.25) is 14.5 Å². The normalized spacial score (nSPS) is 21.2. The Balaban J connectivity index is 1.28. The molecular weight excluding hydrogens is 797 g/mol. The number of fused-ring (bicyclic) bond motifs is 3. The van der Waals surface area contributed by atoms with Gasteiger partial charge in [-0.05, 0) is 88.0 Å². The Kier molecular flexibility index (Phi) is 12.3. The molecule has 0 radical (unpaired) electrons. The van der Waals surface area contributed by atoms with Crippen molar-refractivity contribution in [3.05, 3.63) is 130 Å². The lowest BCUT2D eigenvalue weighted by atomic mass is 9.69. The number of allylic oxidation sites excluding steroid dienone is 1. The van der Waals surface area contributed by atoms with E-state index in [0.717, 1.165) is 50.8 Å². The minimum absolute atomic E-state index is 0.206. The smallest absolute Gasteiger partial charge is 0.488 e. The lowest BCUT2D eigenvalue weighted by Crippen LogP contribution is -2.66. The van der Waals surface area contributed by atoms with Crippen molar-refractivity contribution in [2.75, 3.05) is 18.1 Å². The lowest BCUT2D eigenvalue weighted by molar-refractivity contribution is -0.122. The quantitative estimate of drug-likeness (QED) is 0.0763. The Labute approximate surface area is 345 Å². The molecule has 4 aromatic carbocycles. The minimum Gasteiger partial charge on any atom is -0.507 e. The van der Waals surface area contributed by atoms with Crippen molar-refractivity contribution in [2.45, 2.75) is 70.9 Å². The fourth-order valence-electron chi connectivity index (χ4n) is 9.41.